The Morgan fingerprint density at radius 2 is 2.04 bits per heavy atom. The summed E-state index contributed by atoms with van der Waals surface area (Å²) in [5.74, 6) is -0.695. The Bertz CT molecular complexity index is 778. The fourth-order valence-corrected chi connectivity index (χ4v) is 3.17. The van der Waals surface area contributed by atoms with Crippen LogP contribution in [0.5, 0.6) is 5.75 Å². The van der Waals surface area contributed by atoms with Crippen molar-refractivity contribution in [2.24, 2.45) is 11.8 Å². The molecule has 0 radical (unpaired) electrons. The molecule has 0 spiro atoms. The molecule has 0 bridgehead atoms. The third-order valence-corrected chi connectivity index (χ3v) is 4.66. The highest BCUT2D eigenvalue weighted by Gasteiger charge is 2.36. The smallest absolute Gasteiger partial charge is 0.308 e. The zero-order chi connectivity index (χ0) is 18.5. The van der Waals surface area contributed by atoms with Gasteiger partial charge in [0, 0.05) is 31.0 Å². The SMILES string of the molecule is C[C@@H]1CN(C(=O)Cc2cccc(OCc3cccnc3)c2)C[C@H]1C(=O)O. The fraction of sp³-hybridized carbons (Fsp3) is 0.350. The summed E-state index contributed by atoms with van der Waals surface area (Å²) in [4.78, 5) is 29.4. The predicted molar refractivity (Wildman–Crippen MR) is 95.6 cm³/mol. The number of carbonyl (C=O) groups is 2. The van der Waals surface area contributed by atoms with E-state index in [2.05, 4.69) is 4.98 Å². The molecule has 136 valence electrons. The number of aromatic nitrogens is 1. The highest BCUT2D eigenvalue weighted by molar-refractivity contribution is 5.81. The van der Waals surface area contributed by atoms with Crippen LogP contribution in [0.4, 0.5) is 0 Å². The van der Waals surface area contributed by atoms with Gasteiger partial charge >= 0.3 is 5.97 Å². The molecule has 1 fully saturated rings. The van der Waals surface area contributed by atoms with Crippen molar-refractivity contribution in [2.45, 2.75) is 20.0 Å². The normalized spacial score (nSPS) is 19.3. The first-order chi connectivity index (χ1) is 12.5. The van der Waals surface area contributed by atoms with Crippen molar-refractivity contribution < 1.29 is 19.4 Å². The molecule has 1 aromatic carbocycles. The van der Waals surface area contributed by atoms with Crippen LogP contribution in [0.3, 0.4) is 0 Å². The van der Waals surface area contributed by atoms with E-state index in [1.165, 1.54) is 0 Å². The maximum atomic E-state index is 12.5. The van der Waals surface area contributed by atoms with E-state index in [0.717, 1.165) is 11.1 Å². The Hall–Kier alpha value is -2.89. The van der Waals surface area contributed by atoms with Gasteiger partial charge in [0.05, 0.1) is 12.3 Å². The lowest BCUT2D eigenvalue weighted by molar-refractivity contribution is -0.142. The van der Waals surface area contributed by atoms with Crippen LogP contribution in [-0.4, -0.2) is 40.0 Å². The van der Waals surface area contributed by atoms with E-state index in [9.17, 15) is 14.7 Å². The number of aliphatic carboxylic acids is 1. The molecule has 1 aromatic heterocycles. The number of likely N-dealkylation sites (tertiary alicyclic amines) is 1. The molecule has 26 heavy (non-hydrogen) atoms. The van der Waals surface area contributed by atoms with Crippen molar-refractivity contribution in [1.82, 2.24) is 9.88 Å². The topological polar surface area (TPSA) is 79.7 Å². The molecule has 0 saturated carbocycles. The first-order valence-electron chi connectivity index (χ1n) is 8.64. The largest absolute Gasteiger partial charge is 0.489 e. The third-order valence-electron chi connectivity index (χ3n) is 4.66. The molecule has 0 unspecified atom stereocenters. The molecule has 2 heterocycles. The number of nitrogens with zero attached hydrogens (tertiary/aromatic N) is 2. The van der Waals surface area contributed by atoms with Crippen LogP contribution in [0.2, 0.25) is 0 Å². The quantitative estimate of drug-likeness (QED) is 0.862. The van der Waals surface area contributed by atoms with E-state index in [-0.39, 0.29) is 24.8 Å². The monoisotopic (exact) mass is 354 g/mol. The summed E-state index contributed by atoms with van der Waals surface area (Å²) in [6.45, 7) is 3.06. The summed E-state index contributed by atoms with van der Waals surface area (Å²) < 4.78 is 5.76. The second-order valence-electron chi connectivity index (χ2n) is 6.69. The Kier molecular flexibility index (Phi) is 5.51. The summed E-state index contributed by atoms with van der Waals surface area (Å²) >= 11 is 0. The van der Waals surface area contributed by atoms with Gasteiger partial charge < -0.3 is 14.7 Å². The average molecular weight is 354 g/mol. The molecule has 1 amide bonds. The second-order valence-corrected chi connectivity index (χ2v) is 6.69. The van der Waals surface area contributed by atoms with Crippen molar-refractivity contribution in [1.29, 1.82) is 0 Å². The number of carboxylic acids is 1. The van der Waals surface area contributed by atoms with Crippen molar-refractivity contribution in [3.8, 4) is 5.75 Å². The molecule has 6 nitrogen and oxygen atoms in total. The predicted octanol–water partition coefficient (Wildman–Crippen LogP) is 2.38. The van der Waals surface area contributed by atoms with E-state index in [0.29, 0.717) is 18.9 Å². The Morgan fingerprint density at radius 3 is 2.73 bits per heavy atom. The summed E-state index contributed by atoms with van der Waals surface area (Å²) in [6, 6.07) is 11.2. The van der Waals surface area contributed by atoms with Gasteiger partial charge in [-0.1, -0.05) is 25.1 Å². The van der Waals surface area contributed by atoms with E-state index in [1.807, 2.05) is 43.3 Å². The number of carboxylic acid groups (broad SMARTS) is 1. The van der Waals surface area contributed by atoms with E-state index >= 15 is 0 Å². The summed E-state index contributed by atoms with van der Waals surface area (Å²) in [5, 5.41) is 9.20. The first kappa shape index (κ1) is 17.9. The molecule has 3 rings (SSSR count). The van der Waals surface area contributed by atoms with Crippen LogP contribution in [-0.2, 0) is 22.6 Å². The van der Waals surface area contributed by atoms with Crippen molar-refractivity contribution in [2.75, 3.05) is 13.1 Å². The molecule has 2 atom stereocenters. The minimum Gasteiger partial charge on any atom is -0.489 e. The van der Waals surface area contributed by atoms with Gasteiger partial charge in [0.2, 0.25) is 5.91 Å². The lowest BCUT2D eigenvalue weighted by Gasteiger charge is -2.16. The van der Waals surface area contributed by atoms with Crippen LogP contribution >= 0.6 is 0 Å². The maximum Gasteiger partial charge on any atom is 0.308 e. The molecule has 1 aliphatic rings. The Balaban J connectivity index is 1.58. The number of amides is 1. The minimum absolute atomic E-state index is 0.0226. The maximum absolute atomic E-state index is 12.5. The highest BCUT2D eigenvalue weighted by Crippen LogP contribution is 2.24. The third kappa shape index (κ3) is 4.39. The van der Waals surface area contributed by atoms with Gasteiger partial charge in [-0.25, -0.2) is 0 Å². The fourth-order valence-electron chi connectivity index (χ4n) is 3.17. The molecule has 1 saturated heterocycles. The molecule has 2 aromatic rings. The van der Waals surface area contributed by atoms with Gasteiger partial charge in [-0.15, -0.1) is 0 Å². The number of rotatable bonds is 6. The van der Waals surface area contributed by atoms with Crippen molar-refractivity contribution >= 4 is 11.9 Å². The molecular formula is C20H22N2O4. The zero-order valence-electron chi connectivity index (χ0n) is 14.7. The van der Waals surface area contributed by atoms with Gasteiger partial charge in [0.15, 0.2) is 0 Å². The van der Waals surface area contributed by atoms with Crippen molar-refractivity contribution in [3.63, 3.8) is 0 Å². The van der Waals surface area contributed by atoms with Crippen molar-refractivity contribution in [3.05, 3.63) is 59.9 Å². The summed E-state index contributed by atoms with van der Waals surface area (Å²) in [5.41, 5.74) is 1.82. The standard InChI is InChI=1S/C20H22N2O4/c1-14-11-22(12-18(14)20(24)25)19(23)9-15-4-2-6-17(8-15)26-13-16-5-3-7-21-10-16/h2-8,10,14,18H,9,11-13H2,1H3,(H,24,25)/t14-,18-/m1/s1. The van der Waals surface area contributed by atoms with Crippen LogP contribution < -0.4 is 4.74 Å². The second kappa shape index (κ2) is 7.99. The average Bonchev–Trinajstić information content (AvgIpc) is 3.03. The van der Waals surface area contributed by atoms with Gasteiger partial charge in [-0.05, 0) is 29.7 Å². The van der Waals surface area contributed by atoms with E-state index < -0.39 is 11.9 Å². The summed E-state index contributed by atoms with van der Waals surface area (Å²) in [7, 11) is 0. The number of benzene rings is 1. The van der Waals surface area contributed by atoms with Crippen LogP contribution in [0.15, 0.2) is 48.8 Å². The van der Waals surface area contributed by atoms with Crippen LogP contribution in [0, 0.1) is 11.8 Å². The minimum atomic E-state index is -0.835. The lowest BCUT2D eigenvalue weighted by atomic mass is 9.99. The molecule has 0 aliphatic carbocycles. The molecular weight excluding hydrogens is 332 g/mol. The number of ether oxygens (including phenoxy) is 1. The van der Waals surface area contributed by atoms with Crippen LogP contribution in [0.25, 0.3) is 0 Å². The highest BCUT2D eigenvalue weighted by atomic mass is 16.5. The van der Waals surface area contributed by atoms with Crippen LogP contribution in [0.1, 0.15) is 18.1 Å². The Labute approximate surface area is 152 Å². The van der Waals surface area contributed by atoms with E-state index in [1.54, 1.807) is 17.3 Å². The van der Waals surface area contributed by atoms with E-state index in [4.69, 9.17) is 4.74 Å². The van der Waals surface area contributed by atoms with Gasteiger partial charge in [-0.3, -0.25) is 14.6 Å². The number of hydrogen-bond acceptors (Lipinski definition) is 4. The van der Waals surface area contributed by atoms with Gasteiger partial charge in [0.1, 0.15) is 12.4 Å². The Morgan fingerprint density at radius 1 is 1.23 bits per heavy atom. The number of hydrogen-bond donors (Lipinski definition) is 1. The summed E-state index contributed by atoms with van der Waals surface area (Å²) in [6.07, 6.45) is 3.70. The lowest BCUT2D eigenvalue weighted by Crippen LogP contribution is -2.31. The molecule has 1 N–H and O–H groups in total. The first-order valence-corrected chi connectivity index (χ1v) is 8.64. The zero-order valence-corrected chi connectivity index (χ0v) is 14.7. The molecule has 6 heteroatoms. The number of pyridine rings is 1. The van der Waals surface area contributed by atoms with Gasteiger partial charge in [-0.2, -0.15) is 0 Å². The molecule has 1 aliphatic heterocycles. The van der Waals surface area contributed by atoms with Gasteiger partial charge in [0.25, 0.3) is 0 Å². The number of carbonyl (C=O) groups excluding carboxylic acids is 1.